The lowest BCUT2D eigenvalue weighted by molar-refractivity contribution is -0.134. The lowest BCUT2D eigenvalue weighted by atomic mass is 9.98. The van der Waals surface area contributed by atoms with E-state index in [-0.39, 0.29) is 5.92 Å². The monoisotopic (exact) mass is 264 g/mol. The molecule has 0 fully saturated rings. The Morgan fingerprint density at radius 2 is 1.89 bits per heavy atom. The molecule has 5 heteroatoms. The summed E-state index contributed by atoms with van der Waals surface area (Å²) in [6.07, 6.45) is -0.595. The van der Waals surface area contributed by atoms with Gasteiger partial charge in [0.2, 0.25) is 5.91 Å². The van der Waals surface area contributed by atoms with Gasteiger partial charge in [0, 0.05) is 0 Å². The number of hydrogen-bond donors (Lipinski definition) is 3. The van der Waals surface area contributed by atoms with Crippen molar-refractivity contribution in [1.29, 1.82) is 0 Å². The summed E-state index contributed by atoms with van der Waals surface area (Å²) in [4.78, 5) is 23.2. The number of carbonyl (C=O) groups is 2. The van der Waals surface area contributed by atoms with Gasteiger partial charge < -0.3 is 16.2 Å². The van der Waals surface area contributed by atoms with E-state index in [1.54, 1.807) is 30.3 Å². The summed E-state index contributed by atoms with van der Waals surface area (Å²) >= 11 is 0. The Hall–Kier alpha value is -1.88. The van der Waals surface area contributed by atoms with Crippen molar-refractivity contribution < 1.29 is 14.7 Å². The number of carbonyl (C=O) groups excluding carboxylic acids is 2. The minimum Gasteiger partial charge on any atom is -0.378 e. The molecule has 4 N–H and O–H groups in total. The second-order valence-corrected chi connectivity index (χ2v) is 4.59. The molecule has 0 radical (unpaired) electrons. The van der Waals surface area contributed by atoms with Crippen molar-refractivity contribution in [2.24, 2.45) is 11.7 Å². The van der Waals surface area contributed by atoms with E-state index in [0.717, 1.165) is 0 Å². The Bertz CT molecular complexity index is 434. The number of benzene rings is 1. The number of amides is 2. The lowest BCUT2D eigenvalue weighted by Crippen LogP contribution is -2.49. The van der Waals surface area contributed by atoms with Crippen LogP contribution in [0.15, 0.2) is 30.3 Å². The summed E-state index contributed by atoms with van der Waals surface area (Å²) in [5.74, 6) is -1.29. The van der Waals surface area contributed by atoms with Crippen LogP contribution in [0.5, 0.6) is 0 Å². The molecule has 1 rings (SSSR count). The number of aliphatic hydroxyl groups excluding tert-OH is 1. The molecule has 5 nitrogen and oxygen atoms in total. The Labute approximate surface area is 112 Å². The highest BCUT2D eigenvalue weighted by Gasteiger charge is 2.27. The van der Waals surface area contributed by atoms with Crippen molar-refractivity contribution in [3.8, 4) is 0 Å². The van der Waals surface area contributed by atoms with Crippen molar-refractivity contribution in [1.82, 2.24) is 5.32 Å². The van der Waals surface area contributed by atoms with Crippen molar-refractivity contribution in [2.75, 3.05) is 0 Å². The predicted molar refractivity (Wildman–Crippen MR) is 72.0 cm³/mol. The molecule has 0 aliphatic carbocycles. The molecule has 0 heterocycles. The van der Waals surface area contributed by atoms with Crippen LogP contribution in [-0.2, 0) is 9.59 Å². The van der Waals surface area contributed by atoms with Gasteiger partial charge >= 0.3 is 0 Å². The molecule has 1 aromatic rings. The van der Waals surface area contributed by atoms with Gasteiger partial charge in [0.1, 0.15) is 6.04 Å². The van der Waals surface area contributed by atoms with Gasteiger partial charge in [-0.25, -0.2) is 0 Å². The van der Waals surface area contributed by atoms with Gasteiger partial charge in [0.05, 0.1) is 0 Å². The van der Waals surface area contributed by atoms with Crippen LogP contribution in [0.4, 0.5) is 0 Å². The van der Waals surface area contributed by atoms with Crippen LogP contribution in [0.2, 0.25) is 0 Å². The first-order chi connectivity index (χ1) is 8.97. The summed E-state index contributed by atoms with van der Waals surface area (Å²) < 4.78 is 0. The molecule has 0 bridgehead atoms. The third kappa shape index (κ3) is 4.06. The summed E-state index contributed by atoms with van der Waals surface area (Å²) in [5, 5.41) is 12.4. The SMILES string of the molecule is CC[C@@H](C)[C@@H](NC(=O)[C@@H](O)c1ccccc1)C(N)=O. The maximum Gasteiger partial charge on any atom is 0.254 e. The van der Waals surface area contributed by atoms with Gasteiger partial charge in [0.15, 0.2) is 6.10 Å². The smallest absolute Gasteiger partial charge is 0.254 e. The van der Waals surface area contributed by atoms with Crippen molar-refractivity contribution >= 4 is 11.8 Å². The van der Waals surface area contributed by atoms with E-state index < -0.39 is 24.0 Å². The number of nitrogens with two attached hydrogens (primary N) is 1. The average molecular weight is 264 g/mol. The first-order valence-corrected chi connectivity index (χ1v) is 6.30. The van der Waals surface area contributed by atoms with Crippen LogP contribution in [0.25, 0.3) is 0 Å². The van der Waals surface area contributed by atoms with Crippen LogP contribution >= 0.6 is 0 Å². The fourth-order valence-corrected chi connectivity index (χ4v) is 1.75. The Balaban J connectivity index is 2.75. The van der Waals surface area contributed by atoms with Gasteiger partial charge in [-0.2, -0.15) is 0 Å². The van der Waals surface area contributed by atoms with Gasteiger partial charge in [-0.15, -0.1) is 0 Å². The lowest BCUT2D eigenvalue weighted by Gasteiger charge is -2.22. The third-order valence-electron chi connectivity index (χ3n) is 3.18. The number of aliphatic hydroxyl groups is 1. The Morgan fingerprint density at radius 1 is 1.32 bits per heavy atom. The first kappa shape index (κ1) is 15.2. The molecule has 19 heavy (non-hydrogen) atoms. The highest BCUT2D eigenvalue weighted by atomic mass is 16.3. The maximum absolute atomic E-state index is 11.9. The third-order valence-corrected chi connectivity index (χ3v) is 3.18. The molecule has 3 atom stereocenters. The molecule has 2 amide bonds. The van der Waals surface area contributed by atoms with E-state index in [1.807, 2.05) is 13.8 Å². The van der Waals surface area contributed by atoms with E-state index in [1.165, 1.54) is 0 Å². The molecule has 104 valence electrons. The minimum absolute atomic E-state index is 0.0792. The molecule has 0 unspecified atom stereocenters. The highest BCUT2D eigenvalue weighted by molar-refractivity contribution is 5.89. The molecule has 1 aromatic carbocycles. The maximum atomic E-state index is 11.9. The van der Waals surface area contributed by atoms with Gasteiger partial charge in [0.25, 0.3) is 5.91 Å². The standard InChI is InChI=1S/C14H20N2O3/c1-3-9(2)11(13(15)18)16-14(19)12(17)10-7-5-4-6-8-10/h4-9,11-12,17H,3H2,1-2H3,(H2,15,18)(H,16,19)/t9-,11-,12+/m1/s1. The average Bonchev–Trinajstić information content (AvgIpc) is 2.43. The van der Waals surface area contributed by atoms with Crippen molar-refractivity contribution in [3.05, 3.63) is 35.9 Å². The zero-order valence-corrected chi connectivity index (χ0v) is 11.2. The van der Waals surface area contributed by atoms with Gasteiger partial charge in [-0.3, -0.25) is 9.59 Å². The van der Waals surface area contributed by atoms with E-state index >= 15 is 0 Å². The molecule has 0 aliphatic heterocycles. The number of primary amides is 1. The van der Waals surface area contributed by atoms with Crippen LogP contribution < -0.4 is 11.1 Å². The van der Waals surface area contributed by atoms with Gasteiger partial charge in [-0.05, 0) is 11.5 Å². The summed E-state index contributed by atoms with van der Waals surface area (Å²) in [7, 11) is 0. The van der Waals surface area contributed by atoms with E-state index in [0.29, 0.717) is 12.0 Å². The largest absolute Gasteiger partial charge is 0.378 e. The summed E-state index contributed by atoms with van der Waals surface area (Å²) in [5.41, 5.74) is 5.74. The number of hydrogen-bond acceptors (Lipinski definition) is 3. The van der Waals surface area contributed by atoms with E-state index in [2.05, 4.69) is 5.32 Å². The first-order valence-electron chi connectivity index (χ1n) is 6.30. The fraction of sp³-hybridized carbons (Fsp3) is 0.429. The highest BCUT2D eigenvalue weighted by Crippen LogP contribution is 2.14. The summed E-state index contributed by atoms with van der Waals surface area (Å²) in [6, 6.07) is 7.77. The summed E-state index contributed by atoms with van der Waals surface area (Å²) in [6.45, 7) is 3.73. The molecule has 0 spiro atoms. The van der Waals surface area contributed by atoms with Crippen molar-refractivity contribution in [3.63, 3.8) is 0 Å². The Kier molecular flexibility index (Phi) is 5.51. The topological polar surface area (TPSA) is 92.4 Å². The molecule has 0 saturated carbocycles. The molecular formula is C14H20N2O3. The molecule has 0 aromatic heterocycles. The normalized spacial score (nSPS) is 15.3. The number of rotatable bonds is 6. The van der Waals surface area contributed by atoms with Crippen LogP contribution in [0.3, 0.4) is 0 Å². The van der Waals surface area contributed by atoms with E-state index in [4.69, 9.17) is 5.73 Å². The quantitative estimate of drug-likeness (QED) is 0.707. The van der Waals surface area contributed by atoms with Crippen LogP contribution in [-0.4, -0.2) is 23.0 Å². The van der Waals surface area contributed by atoms with Crippen LogP contribution in [0.1, 0.15) is 31.9 Å². The minimum atomic E-state index is -1.30. The van der Waals surface area contributed by atoms with Gasteiger partial charge in [-0.1, -0.05) is 50.6 Å². The fourth-order valence-electron chi connectivity index (χ4n) is 1.75. The number of nitrogens with one attached hydrogen (secondary N) is 1. The molecule has 0 saturated heterocycles. The zero-order valence-electron chi connectivity index (χ0n) is 11.2. The Morgan fingerprint density at radius 3 is 2.37 bits per heavy atom. The molecule has 0 aliphatic rings. The van der Waals surface area contributed by atoms with Crippen LogP contribution in [0, 0.1) is 5.92 Å². The van der Waals surface area contributed by atoms with E-state index in [9.17, 15) is 14.7 Å². The predicted octanol–water partition coefficient (Wildman–Crippen LogP) is 0.736. The second kappa shape index (κ2) is 6.89. The second-order valence-electron chi connectivity index (χ2n) is 4.59. The molecular weight excluding hydrogens is 244 g/mol. The van der Waals surface area contributed by atoms with Crippen molar-refractivity contribution in [2.45, 2.75) is 32.4 Å². The zero-order chi connectivity index (χ0) is 14.4.